The number of hydrogen-bond donors (Lipinski definition) is 2. The standard InChI is InChI=1S/C29H29N7O2S/c1-18-17-39-26(33-18)23-9-6-12-36(23)27(37)22-14-20(24-31-10-11-32-24)13-21(15-22)25-34-35-28(38-25)29(2,30)16-19-7-4-3-5-8-19/h3-5,7-8,10-11,13-15,17,23H,6,9,12,16,30H2,1-2H3,(H,31,32)/t23-,29-/m1/s1. The molecule has 2 aromatic carbocycles. The molecule has 39 heavy (non-hydrogen) atoms. The van der Waals surface area contributed by atoms with E-state index < -0.39 is 5.54 Å². The molecule has 1 fully saturated rings. The van der Waals surface area contributed by atoms with Gasteiger partial charge in [-0.2, -0.15) is 0 Å². The number of nitrogens with zero attached hydrogens (tertiary/aromatic N) is 5. The lowest BCUT2D eigenvalue weighted by molar-refractivity contribution is 0.0735. The first kappa shape index (κ1) is 25.1. The summed E-state index contributed by atoms with van der Waals surface area (Å²) in [7, 11) is 0. The molecule has 0 radical (unpaired) electrons. The third-order valence-electron chi connectivity index (χ3n) is 6.96. The zero-order chi connectivity index (χ0) is 27.0. The maximum absolute atomic E-state index is 13.9. The zero-order valence-electron chi connectivity index (χ0n) is 21.8. The van der Waals surface area contributed by atoms with Crippen LogP contribution in [-0.2, 0) is 12.0 Å². The molecule has 0 unspecified atom stereocenters. The summed E-state index contributed by atoms with van der Waals surface area (Å²) in [4.78, 5) is 28.0. The first-order valence-corrected chi connectivity index (χ1v) is 13.8. The van der Waals surface area contributed by atoms with Crippen molar-refractivity contribution in [1.82, 2.24) is 30.0 Å². The first-order chi connectivity index (χ1) is 18.9. The quantitative estimate of drug-likeness (QED) is 0.288. The topological polar surface area (TPSA) is 127 Å². The predicted molar refractivity (Wildman–Crippen MR) is 149 cm³/mol. The molecule has 198 valence electrons. The van der Waals surface area contributed by atoms with Gasteiger partial charge in [-0.3, -0.25) is 4.79 Å². The van der Waals surface area contributed by atoms with Crippen LogP contribution in [0.5, 0.6) is 0 Å². The van der Waals surface area contributed by atoms with Gasteiger partial charge >= 0.3 is 0 Å². The fraction of sp³-hybridized carbons (Fsp3) is 0.276. The van der Waals surface area contributed by atoms with Crippen LogP contribution in [0.2, 0.25) is 0 Å². The third-order valence-corrected chi connectivity index (χ3v) is 8.03. The summed E-state index contributed by atoms with van der Waals surface area (Å²) >= 11 is 1.60. The van der Waals surface area contributed by atoms with E-state index >= 15 is 0 Å². The molecule has 3 N–H and O–H groups in total. The summed E-state index contributed by atoms with van der Waals surface area (Å²) in [5.41, 5.74) is 9.72. The molecule has 9 nitrogen and oxygen atoms in total. The second-order valence-electron chi connectivity index (χ2n) is 10.2. The SMILES string of the molecule is Cc1csc([C@H]2CCCN2C(=O)c2cc(-c3ncc[nH]3)cc(-c3nnc([C@](C)(N)Cc4ccccc4)o3)c2)n1. The lowest BCUT2D eigenvalue weighted by Gasteiger charge is -2.23. The van der Waals surface area contributed by atoms with Crippen molar-refractivity contribution >= 4 is 17.2 Å². The van der Waals surface area contributed by atoms with Crippen molar-refractivity contribution in [2.24, 2.45) is 5.73 Å². The van der Waals surface area contributed by atoms with Gasteiger partial charge in [-0.25, -0.2) is 9.97 Å². The van der Waals surface area contributed by atoms with Gasteiger partial charge in [0, 0.05) is 46.7 Å². The number of nitrogens with one attached hydrogen (secondary N) is 1. The number of carbonyl (C=O) groups excluding carboxylic acids is 1. The molecule has 6 rings (SSSR count). The Kier molecular flexibility index (Phi) is 6.58. The average Bonchev–Trinajstić information content (AvgIpc) is 3.74. The molecule has 1 aliphatic heterocycles. The molecule has 1 amide bonds. The maximum Gasteiger partial charge on any atom is 0.254 e. The van der Waals surface area contributed by atoms with Crippen molar-refractivity contribution in [3.8, 4) is 22.8 Å². The van der Waals surface area contributed by atoms with Crippen molar-refractivity contribution in [1.29, 1.82) is 0 Å². The number of aromatic nitrogens is 5. The summed E-state index contributed by atoms with van der Waals surface area (Å²) in [5.74, 6) is 1.21. The highest BCUT2D eigenvalue weighted by Crippen LogP contribution is 2.36. The molecule has 0 bridgehead atoms. The Hall–Kier alpha value is -4.15. The lowest BCUT2D eigenvalue weighted by atomic mass is 9.94. The summed E-state index contributed by atoms with van der Waals surface area (Å²) < 4.78 is 6.12. The Morgan fingerprint density at radius 1 is 1.21 bits per heavy atom. The van der Waals surface area contributed by atoms with Crippen LogP contribution < -0.4 is 5.73 Å². The van der Waals surface area contributed by atoms with Gasteiger partial charge in [-0.05, 0) is 56.9 Å². The van der Waals surface area contributed by atoms with E-state index in [2.05, 4.69) is 25.1 Å². The van der Waals surface area contributed by atoms with Crippen molar-refractivity contribution < 1.29 is 9.21 Å². The van der Waals surface area contributed by atoms with Crippen LogP contribution in [0, 0.1) is 6.92 Å². The first-order valence-electron chi connectivity index (χ1n) is 12.9. The van der Waals surface area contributed by atoms with Crippen LogP contribution in [0.25, 0.3) is 22.8 Å². The zero-order valence-corrected chi connectivity index (χ0v) is 22.6. The fourth-order valence-corrected chi connectivity index (χ4v) is 6.00. The number of aryl methyl sites for hydroxylation is 1. The minimum Gasteiger partial charge on any atom is -0.419 e. The molecular weight excluding hydrogens is 510 g/mol. The second kappa shape index (κ2) is 10.2. The number of rotatable bonds is 7. The lowest BCUT2D eigenvalue weighted by Crippen LogP contribution is -2.35. The normalized spacial score (nSPS) is 16.9. The fourth-order valence-electron chi connectivity index (χ4n) is 5.06. The summed E-state index contributed by atoms with van der Waals surface area (Å²) in [6, 6.07) is 15.5. The van der Waals surface area contributed by atoms with Crippen molar-refractivity contribution in [3.63, 3.8) is 0 Å². The molecule has 1 aliphatic rings. The van der Waals surface area contributed by atoms with E-state index in [0.29, 0.717) is 41.7 Å². The molecule has 3 aromatic heterocycles. The number of thiazole rings is 1. The number of benzene rings is 2. The minimum absolute atomic E-state index is 0.0298. The molecular formula is C29H29N7O2S. The number of hydrogen-bond acceptors (Lipinski definition) is 8. The molecule has 4 heterocycles. The van der Waals surface area contributed by atoms with Gasteiger partial charge in [0.05, 0.1) is 11.6 Å². The molecule has 2 atom stereocenters. The van der Waals surface area contributed by atoms with Crippen LogP contribution in [0.15, 0.2) is 70.7 Å². The van der Waals surface area contributed by atoms with Crippen molar-refractivity contribution in [3.05, 3.63) is 94.0 Å². The number of likely N-dealkylation sites (tertiary alicyclic amines) is 1. The van der Waals surface area contributed by atoms with Crippen LogP contribution in [0.3, 0.4) is 0 Å². The molecule has 1 saturated heterocycles. The molecule has 10 heteroatoms. The largest absolute Gasteiger partial charge is 0.419 e. The smallest absolute Gasteiger partial charge is 0.254 e. The van der Waals surface area contributed by atoms with Crippen LogP contribution in [0.4, 0.5) is 0 Å². The van der Waals surface area contributed by atoms with Gasteiger partial charge < -0.3 is 20.0 Å². The highest BCUT2D eigenvalue weighted by Gasteiger charge is 2.33. The second-order valence-corrected chi connectivity index (χ2v) is 11.1. The molecule has 0 aliphatic carbocycles. The number of amides is 1. The van der Waals surface area contributed by atoms with Gasteiger partial charge in [0.25, 0.3) is 5.91 Å². The van der Waals surface area contributed by atoms with E-state index in [4.69, 9.17) is 10.2 Å². The van der Waals surface area contributed by atoms with Crippen molar-refractivity contribution in [2.75, 3.05) is 6.54 Å². The van der Waals surface area contributed by atoms with E-state index in [0.717, 1.165) is 34.7 Å². The van der Waals surface area contributed by atoms with Gasteiger partial charge in [0.2, 0.25) is 11.8 Å². The molecule has 0 spiro atoms. The third kappa shape index (κ3) is 5.13. The van der Waals surface area contributed by atoms with E-state index in [9.17, 15) is 4.79 Å². The van der Waals surface area contributed by atoms with Gasteiger partial charge in [-0.1, -0.05) is 30.3 Å². The number of aromatic amines is 1. The number of H-pyrrole nitrogens is 1. The molecule has 5 aromatic rings. The Bertz CT molecular complexity index is 1590. The van der Waals surface area contributed by atoms with E-state index in [1.165, 1.54) is 0 Å². The predicted octanol–water partition coefficient (Wildman–Crippen LogP) is 5.29. The average molecular weight is 540 g/mol. The minimum atomic E-state index is -0.863. The van der Waals surface area contributed by atoms with E-state index in [-0.39, 0.29) is 11.9 Å². The maximum atomic E-state index is 13.9. The van der Waals surface area contributed by atoms with Gasteiger partial charge in [-0.15, -0.1) is 21.5 Å². The monoisotopic (exact) mass is 539 g/mol. The Labute approximate surface area is 230 Å². The van der Waals surface area contributed by atoms with E-state index in [1.54, 1.807) is 29.8 Å². The number of imidazole rings is 1. The van der Waals surface area contributed by atoms with Crippen LogP contribution in [-0.4, -0.2) is 42.5 Å². The van der Waals surface area contributed by atoms with Crippen LogP contribution in [0.1, 0.15) is 58.3 Å². The van der Waals surface area contributed by atoms with Gasteiger partial charge in [0.15, 0.2) is 0 Å². The summed E-state index contributed by atoms with van der Waals surface area (Å²) in [5, 5.41) is 11.6. The number of nitrogens with two attached hydrogens (primary N) is 1. The summed E-state index contributed by atoms with van der Waals surface area (Å²) in [6.45, 7) is 4.53. The highest BCUT2D eigenvalue weighted by atomic mass is 32.1. The van der Waals surface area contributed by atoms with Crippen LogP contribution >= 0.6 is 11.3 Å². The summed E-state index contributed by atoms with van der Waals surface area (Å²) in [6.07, 6.45) is 5.80. The van der Waals surface area contributed by atoms with Gasteiger partial charge in [0.1, 0.15) is 10.8 Å². The van der Waals surface area contributed by atoms with Crippen molar-refractivity contribution in [2.45, 2.75) is 44.7 Å². The van der Waals surface area contributed by atoms with E-state index in [1.807, 2.05) is 66.6 Å². The molecule has 0 saturated carbocycles. The Balaban J connectivity index is 1.35. The highest BCUT2D eigenvalue weighted by molar-refractivity contribution is 7.09. The number of carbonyl (C=O) groups is 1. The Morgan fingerprint density at radius 2 is 2.03 bits per heavy atom. The Morgan fingerprint density at radius 3 is 2.77 bits per heavy atom.